The minimum absolute atomic E-state index is 0.0858. The number of fused-ring (bicyclic) bond motifs is 1. The van der Waals surface area contributed by atoms with E-state index in [0.717, 1.165) is 23.1 Å². The number of aromatic nitrogens is 1. The van der Waals surface area contributed by atoms with Gasteiger partial charge in [-0.05, 0) is 24.1 Å². The monoisotopic (exact) mass is 243 g/mol. The number of nitrogens with one attached hydrogen (secondary N) is 1. The molecule has 0 aliphatic rings. The summed E-state index contributed by atoms with van der Waals surface area (Å²) in [7, 11) is 0. The molecule has 0 fully saturated rings. The zero-order valence-corrected chi connectivity index (χ0v) is 9.85. The van der Waals surface area contributed by atoms with Gasteiger partial charge in [0.05, 0.1) is 6.07 Å². The number of hydrogen-bond donors (Lipinski definition) is 1. The van der Waals surface area contributed by atoms with E-state index in [9.17, 15) is 4.79 Å². The van der Waals surface area contributed by atoms with Crippen LogP contribution in [-0.2, 0) is 11.2 Å². The summed E-state index contributed by atoms with van der Waals surface area (Å²) in [6.07, 6.45) is 2.67. The molecule has 0 aliphatic heterocycles. The molecular weight excluding hydrogens is 230 g/mol. The van der Waals surface area contributed by atoms with Crippen LogP contribution in [0.1, 0.15) is 18.4 Å². The molecule has 0 saturated carbocycles. The van der Waals surface area contributed by atoms with E-state index in [2.05, 4.69) is 10.3 Å². The van der Waals surface area contributed by atoms with Gasteiger partial charge in [-0.3, -0.25) is 4.79 Å². The summed E-state index contributed by atoms with van der Waals surface area (Å²) in [5.41, 5.74) is 2.67. The zero-order chi connectivity index (χ0) is 12.8. The number of carbonyl (C=O) groups excluding carboxylic acids is 1. The number of oxazole rings is 1. The van der Waals surface area contributed by atoms with Crippen LogP contribution in [-0.4, -0.2) is 17.4 Å². The Kier molecular flexibility index (Phi) is 3.92. The molecule has 0 bridgehead atoms. The van der Waals surface area contributed by atoms with Crippen molar-refractivity contribution in [2.24, 2.45) is 0 Å². The van der Waals surface area contributed by atoms with E-state index in [1.165, 1.54) is 6.39 Å². The van der Waals surface area contributed by atoms with Gasteiger partial charge in [0.2, 0.25) is 5.91 Å². The first-order valence-corrected chi connectivity index (χ1v) is 5.75. The van der Waals surface area contributed by atoms with Crippen molar-refractivity contribution < 1.29 is 9.21 Å². The summed E-state index contributed by atoms with van der Waals surface area (Å²) in [5.74, 6) is -0.0858. The number of carbonyl (C=O) groups is 1. The highest BCUT2D eigenvalue weighted by Gasteiger charge is 2.02. The van der Waals surface area contributed by atoms with Crippen LogP contribution in [0.4, 0.5) is 0 Å². The molecule has 0 spiro atoms. The van der Waals surface area contributed by atoms with Gasteiger partial charge in [0.1, 0.15) is 5.52 Å². The first kappa shape index (κ1) is 12.1. The van der Waals surface area contributed by atoms with Crippen molar-refractivity contribution in [3.8, 4) is 6.07 Å². The first-order chi connectivity index (χ1) is 8.79. The lowest BCUT2D eigenvalue weighted by atomic mass is 10.1. The third-order valence-corrected chi connectivity index (χ3v) is 2.60. The van der Waals surface area contributed by atoms with Crippen LogP contribution in [0.2, 0.25) is 0 Å². The van der Waals surface area contributed by atoms with Gasteiger partial charge in [-0.15, -0.1) is 0 Å². The summed E-state index contributed by atoms with van der Waals surface area (Å²) >= 11 is 0. The van der Waals surface area contributed by atoms with Gasteiger partial charge in [-0.1, -0.05) is 6.07 Å². The Morgan fingerprint density at radius 3 is 3.22 bits per heavy atom. The van der Waals surface area contributed by atoms with Crippen LogP contribution in [0, 0.1) is 11.3 Å². The van der Waals surface area contributed by atoms with Crippen LogP contribution in [0.3, 0.4) is 0 Å². The SMILES string of the molecule is N#CCCC(=O)NCCc1ccc2ncoc2c1. The van der Waals surface area contributed by atoms with E-state index in [-0.39, 0.29) is 18.7 Å². The summed E-state index contributed by atoms with van der Waals surface area (Å²) in [4.78, 5) is 15.3. The topological polar surface area (TPSA) is 78.9 Å². The maximum absolute atomic E-state index is 11.3. The average Bonchev–Trinajstić information content (AvgIpc) is 2.83. The predicted molar refractivity (Wildman–Crippen MR) is 65.6 cm³/mol. The average molecular weight is 243 g/mol. The van der Waals surface area contributed by atoms with Crippen LogP contribution >= 0.6 is 0 Å². The van der Waals surface area contributed by atoms with Crippen molar-refractivity contribution in [3.05, 3.63) is 30.2 Å². The molecule has 1 amide bonds. The molecule has 0 aliphatic carbocycles. The molecule has 1 aromatic heterocycles. The molecule has 92 valence electrons. The standard InChI is InChI=1S/C13H13N3O2/c14-6-1-2-13(17)15-7-5-10-3-4-11-12(8-10)18-9-16-11/h3-4,8-9H,1-2,5,7H2,(H,15,17). The van der Waals surface area contributed by atoms with Crippen molar-refractivity contribution in [2.45, 2.75) is 19.3 Å². The second-order valence-corrected chi connectivity index (χ2v) is 3.91. The van der Waals surface area contributed by atoms with Crippen molar-refractivity contribution in [1.29, 1.82) is 5.26 Å². The van der Waals surface area contributed by atoms with Crippen LogP contribution in [0.15, 0.2) is 29.0 Å². The quantitative estimate of drug-likeness (QED) is 0.868. The van der Waals surface area contributed by atoms with Gasteiger partial charge >= 0.3 is 0 Å². The number of benzene rings is 1. The van der Waals surface area contributed by atoms with E-state index < -0.39 is 0 Å². The molecule has 0 saturated heterocycles. The summed E-state index contributed by atoms with van der Waals surface area (Å²) in [6.45, 7) is 0.559. The van der Waals surface area contributed by atoms with E-state index in [4.69, 9.17) is 9.68 Å². The fraction of sp³-hybridized carbons (Fsp3) is 0.308. The Balaban J connectivity index is 1.83. The molecule has 0 unspecified atom stereocenters. The highest BCUT2D eigenvalue weighted by Crippen LogP contribution is 2.14. The molecular formula is C13H13N3O2. The molecule has 0 radical (unpaired) electrons. The Labute approximate surface area is 104 Å². The van der Waals surface area contributed by atoms with Crippen molar-refractivity contribution in [1.82, 2.24) is 10.3 Å². The Morgan fingerprint density at radius 1 is 1.50 bits per heavy atom. The van der Waals surface area contributed by atoms with E-state index in [1.54, 1.807) is 0 Å². The second-order valence-electron chi connectivity index (χ2n) is 3.91. The number of nitriles is 1. The molecule has 1 heterocycles. The summed E-state index contributed by atoms with van der Waals surface area (Å²) in [5, 5.41) is 11.1. The predicted octanol–water partition coefficient (Wildman–Crippen LogP) is 1.79. The largest absolute Gasteiger partial charge is 0.443 e. The number of amides is 1. The Bertz CT molecular complexity index is 583. The Hall–Kier alpha value is -2.35. The van der Waals surface area contributed by atoms with Gasteiger partial charge in [0.25, 0.3) is 0 Å². The van der Waals surface area contributed by atoms with Gasteiger partial charge in [-0.2, -0.15) is 5.26 Å². The highest BCUT2D eigenvalue weighted by atomic mass is 16.3. The van der Waals surface area contributed by atoms with Crippen molar-refractivity contribution >= 4 is 17.0 Å². The molecule has 2 rings (SSSR count). The van der Waals surface area contributed by atoms with E-state index >= 15 is 0 Å². The number of hydrogen-bond acceptors (Lipinski definition) is 4. The van der Waals surface area contributed by atoms with E-state index in [0.29, 0.717) is 6.54 Å². The van der Waals surface area contributed by atoms with Gasteiger partial charge in [0.15, 0.2) is 12.0 Å². The second kappa shape index (κ2) is 5.82. The van der Waals surface area contributed by atoms with Crippen molar-refractivity contribution in [3.63, 3.8) is 0 Å². The highest BCUT2D eigenvalue weighted by molar-refractivity contribution is 5.76. The molecule has 18 heavy (non-hydrogen) atoms. The normalized spacial score (nSPS) is 10.2. The third-order valence-electron chi connectivity index (χ3n) is 2.60. The molecule has 5 nitrogen and oxygen atoms in total. The first-order valence-electron chi connectivity index (χ1n) is 5.75. The van der Waals surface area contributed by atoms with Gasteiger partial charge in [0, 0.05) is 19.4 Å². The summed E-state index contributed by atoms with van der Waals surface area (Å²) in [6, 6.07) is 7.72. The van der Waals surface area contributed by atoms with Crippen LogP contribution < -0.4 is 5.32 Å². The van der Waals surface area contributed by atoms with Crippen LogP contribution in [0.25, 0.3) is 11.1 Å². The maximum atomic E-state index is 11.3. The van der Waals surface area contributed by atoms with Gasteiger partial charge < -0.3 is 9.73 Å². The van der Waals surface area contributed by atoms with Crippen LogP contribution in [0.5, 0.6) is 0 Å². The number of nitrogens with zero attached hydrogens (tertiary/aromatic N) is 2. The fourth-order valence-electron chi connectivity index (χ4n) is 1.66. The molecule has 2 aromatic rings. The van der Waals surface area contributed by atoms with Crippen molar-refractivity contribution in [2.75, 3.05) is 6.54 Å². The lowest BCUT2D eigenvalue weighted by molar-refractivity contribution is -0.120. The maximum Gasteiger partial charge on any atom is 0.221 e. The lowest BCUT2D eigenvalue weighted by Gasteiger charge is -2.03. The zero-order valence-electron chi connectivity index (χ0n) is 9.85. The fourth-order valence-corrected chi connectivity index (χ4v) is 1.66. The molecule has 5 heteroatoms. The minimum atomic E-state index is -0.0858. The molecule has 0 atom stereocenters. The smallest absolute Gasteiger partial charge is 0.221 e. The minimum Gasteiger partial charge on any atom is -0.443 e. The Morgan fingerprint density at radius 2 is 2.39 bits per heavy atom. The van der Waals surface area contributed by atoms with E-state index in [1.807, 2.05) is 24.3 Å². The molecule has 1 aromatic carbocycles. The lowest BCUT2D eigenvalue weighted by Crippen LogP contribution is -2.25. The third kappa shape index (κ3) is 3.08. The summed E-state index contributed by atoms with van der Waals surface area (Å²) < 4.78 is 5.20. The number of rotatable bonds is 5. The molecule has 1 N–H and O–H groups in total. The van der Waals surface area contributed by atoms with Gasteiger partial charge in [-0.25, -0.2) is 4.98 Å².